The van der Waals surface area contributed by atoms with Gasteiger partial charge in [-0.05, 0) is 59.8 Å². The van der Waals surface area contributed by atoms with Crippen LogP contribution >= 0.6 is 15.9 Å². The Bertz CT molecular complexity index is 553. The number of nitrogens with zero attached hydrogens (tertiary/aromatic N) is 1. The van der Waals surface area contributed by atoms with Gasteiger partial charge >= 0.3 is 0 Å². The fourth-order valence-electron chi connectivity index (χ4n) is 2.12. The van der Waals surface area contributed by atoms with Crippen LogP contribution in [0.3, 0.4) is 0 Å². The maximum Gasteiger partial charge on any atom is 0.244 e. The minimum atomic E-state index is -3.37. The lowest BCUT2D eigenvalue weighted by Crippen LogP contribution is -2.34. The van der Waals surface area contributed by atoms with Gasteiger partial charge in [-0.1, -0.05) is 19.4 Å². The molecule has 106 valence electrons. The summed E-state index contributed by atoms with van der Waals surface area (Å²) in [5, 5.41) is 0. The van der Waals surface area contributed by atoms with E-state index in [-0.39, 0.29) is 6.04 Å². The summed E-state index contributed by atoms with van der Waals surface area (Å²) in [6, 6.07) is 5.63. The Hall–Kier alpha value is -0.390. The Morgan fingerprint density at radius 2 is 2.05 bits per heavy atom. The fraction of sp³-hybridized carbons (Fsp3) is 0.571. The van der Waals surface area contributed by atoms with E-state index in [2.05, 4.69) is 22.9 Å². The minimum absolute atomic E-state index is 0.213. The first-order valence-corrected chi connectivity index (χ1v) is 8.98. The second kappa shape index (κ2) is 5.94. The van der Waals surface area contributed by atoms with E-state index in [0.717, 1.165) is 31.2 Å². The summed E-state index contributed by atoms with van der Waals surface area (Å²) in [5.41, 5.74) is 1.05. The van der Waals surface area contributed by atoms with Gasteiger partial charge in [0, 0.05) is 17.1 Å². The number of benzene rings is 1. The van der Waals surface area contributed by atoms with E-state index in [1.165, 1.54) is 0 Å². The van der Waals surface area contributed by atoms with E-state index in [4.69, 9.17) is 0 Å². The fourth-order valence-corrected chi connectivity index (χ4v) is 4.99. The van der Waals surface area contributed by atoms with Crippen molar-refractivity contribution in [1.82, 2.24) is 4.31 Å². The van der Waals surface area contributed by atoms with Crippen molar-refractivity contribution < 1.29 is 8.42 Å². The van der Waals surface area contributed by atoms with Crippen LogP contribution in [0.4, 0.5) is 0 Å². The highest BCUT2D eigenvalue weighted by atomic mass is 79.9. The molecule has 0 spiro atoms. The van der Waals surface area contributed by atoms with Crippen LogP contribution in [0.5, 0.6) is 0 Å². The van der Waals surface area contributed by atoms with Crippen LogP contribution in [-0.4, -0.2) is 25.3 Å². The second-order valence-electron chi connectivity index (χ2n) is 5.13. The highest BCUT2D eigenvalue weighted by Gasteiger charge is 2.38. The second-order valence-corrected chi connectivity index (χ2v) is 7.85. The molecule has 1 saturated carbocycles. The Morgan fingerprint density at radius 1 is 1.37 bits per heavy atom. The van der Waals surface area contributed by atoms with Gasteiger partial charge in [-0.25, -0.2) is 8.42 Å². The van der Waals surface area contributed by atoms with Crippen LogP contribution in [-0.2, 0) is 10.0 Å². The molecule has 0 aliphatic heterocycles. The molecule has 5 heteroatoms. The molecule has 0 bridgehead atoms. The van der Waals surface area contributed by atoms with Crippen LogP contribution in [0.1, 0.15) is 38.2 Å². The Balaban J connectivity index is 2.33. The Kier molecular flexibility index (Phi) is 4.69. The van der Waals surface area contributed by atoms with Gasteiger partial charge in [0.25, 0.3) is 0 Å². The van der Waals surface area contributed by atoms with Crippen molar-refractivity contribution >= 4 is 26.0 Å². The Labute approximate surface area is 124 Å². The molecule has 1 fully saturated rings. The molecule has 0 N–H and O–H groups in total. The molecule has 1 aliphatic carbocycles. The van der Waals surface area contributed by atoms with Crippen molar-refractivity contribution in [2.45, 2.75) is 50.5 Å². The van der Waals surface area contributed by atoms with Gasteiger partial charge in [-0.15, -0.1) is 0 Å². The molecular weight excluding hydrogens is 326 g/mol. The van der Waals surface area contributed by atoms with E-state index < -0.39 is 10.0 Å². The first kappa shape index (κ1) is 15.0. The summed E-state index contributed by atoms with van der Waals surface area (Å²) in [6.45, 7) is 4.67. The van der Waals surface area contributed by atoms with Gasteiger partial charge in [0.05, 0.1) is 4.90 Å². The maximum atomic E-state index is 12.7. The molecule has 0 unspecified atom stereocenters. The smallest absolute Gasteiger partial charge is 0.207 e. The van der Waals surface area contributed by atoms with E-state index >= 15 is 0 Å². The third-order valence-corrected chi connectivity index (χ3v) is 6.29. The highest BCUT2D eigenvalue weighted by Crippen LogP contribution is 2.34. The summed E-state index contributed by atoms with van der Waals surface area (Å²) in [6.07, 6.45) is 3.91. The molecule has 1 aliphatic rings. The number of hydrogen-bond acceptors (Lipinski definition) is 2. The van der Waals surface area contributed by atoms with Gasteiger partial charge in [-0.3, -0.25) is 0 Å². The first-order valence-electron chi connectivity index (χ1n) is 6.75. The minimum Gasteiger partial charge on any atom is -0.207 e. The summed E-state index contributed by atoms with van der Waals surface area (Å²) in [7, 11) is -3.37. The number of halogens is 1. The lowest BCUT2D eigenvalue weighted by molar-refractivity contribution is 0.395. The zero-order valence-corrected chi connectivity index (χ0v) is 13.8. The predicted molar refractivity (Wildman–Crippen MR) is 80.7 cm³/mol. The van der Waals surface area contributed by atoms with Crippen molar-refractivity contribution in [1.29, 1.82) is 0 Å². The molecule has 0 heterocycles. The van der Waals surface area contributed by atoms with Crippen molar-refractivity contribution in [2.24, 2.45) is 0 Å². The number of rotatable bonds is 6. The largest absolute Gasteiger partial charge is 0.244 e. The standard InChI is InChI=1S/C14H20BrNO2S/c1-3-4-9-16(12-6-7-12)19(17,18)14-8-5-11(2)10-13(14)15/h5,8,10,12H,3-4,6-7,9H2,1-2H3. The van der Waals surface area contributed by atoms with Gasteiger partial charge in [0.15, 0.2) is 0 Å². The van der Waals surface area contributed by atoms with E-state index in [0.29, 0.717) is 15.9 Å². The van der Waals surface area contributed by atoms with Gasteiger partial charge in [0.2, 0.25) is 10.0 Å². The zero-order chi connectivity index (χ0) is 14.0. The molecule has 0 saturated heterocycles. The SMILES string of the molecule is CCCCN(C1CC1)S(=O)(=O)c1ccc(C)cc1Br. The van der Waals surface area contributed by atoms with E-state index in [1.54, 1.807) is 10.4 Å². The average molecular weight is 346 g/mol. The van der Waals surface area contributed by atoms with Gasteiger partial charge in [0.1, 0.15) is 0 Å². The van der Waals surface area contributed by atoms with Crippen molar-refractivity contribution in [3.8, 4) is 0 Å². The van der Waals surface area contributed by atoms with Crippen molar-refractivity contribution in [2.75, 3.05) is 6.54 Å². The monoisotopic (exact) mass is 345 g/mol. The third-order valence-electron chi connectivity index (χ3n) is 3.36. The summed E-state index contributed by atoms with van der Waals surface area (Å²) >= 11 is 3.38. The number of aryl methyl sites for hydroxylation is 1. The van der Waals surface area contributed by atoms with Gasteiger partial charge < -0.3 is 0 Å². The van der Waals surface area contributed by atoms with Crippen LogP contribution in [0.25, 0.3) is 0 Å². The normalized spacial score (nSPS) is 16.0. The molecule has 1 aromatic carbocycles. The van der Waals surface area contributed by atoms with Crippen molar-refractivity contribution in [3.63, 3.8) is 0 Å². The molecule has 0 amide bonds. The predicted octanol–water partition coefficient (Wildman–Crippen LogP) is 3.71. The maximum absolute atomic E-state index is 12.7. The number of hydrogen-bond donors (Lipinski definition) is 0. The highest BCUT2D eigenvalue weighted by molar-refractivity contribution is 9.10. The lowest BCUT2D eigenvalue weighted by Gasteiger charge is -2.22. The van der Waals surface area contributed by atoms with E-state index in [9.17, 15) is 8.42 Å². The zero-order valence-electron chi connectivity index (χ0n) is 11.4. The van der Waals surface area contributed by atoms with Crippen LogP contribution < -0.4 is 0 Å². The lowest BCUT2D eigenvalue weighted by atomic mass is 10.2. The van der Waals surface area contributed by atoms with E-state index in [1.807, 2.05) is 19.1 Å². The quantitative estimate of drug-likeness (QED) is 0.787. The first-order chi connectivity index (χ1) is 8.96. The molecule has 0 aromatic heterocycles. The summed E-state index contributed by atoms with van der Waals surface area (Å²) < 4.78 is 27.8. The molecule has 0 radical (unpaired) electrons. The molecule has 3 nitrogen and oxygen atoms in total. The van der Waals surface area contributed by atoms with Gasteiger partial charge in [-0.2, -0.15) is 4.31 Å². The average Bonchev–Trinajstić information content (AvgIpc) is 3.13. The van der Waals surface area contributed by atoms with Crippen LogP contribution in [0, 0.1) is 6.92 Å². The molecule has 0 atom stereocenters. The molecule has 19 heavy (non-hydrogen) atoms. The van der Waals surface area contributed by atoms with Crippen molar-refractivity contribution in [3.05, 3.63) is 28.2 Å². The summed E-state index contributed by atoms with van der Waals surface area (Å²) in [5.74, 6) is 0. The number of sulfonamides is 1. The summed E-state index contributed by atoms with van der Waals surface area (Å²) in [4.78, 5) is 0.390. The van der Waals surface area contributed by atoms with Crippen LogP contribution in [0.15, 0.2) is 27.6 Å². The molecule has 2 rings (SSSR count). The topological polar surface area (TPSA) is 37.4 Å². The number of unbranched alkanes of at least 4 members (excludes halogenated alkanes) is 1. The Morgan fingerprint density at radius 3 is 2.58 bits per heavy atom. The molecular formula is C14H20BrNO2S. The third kappa shape index (κ3) is 3.38. The van der Waals surface area contributed by atoms with Crippen LogP contribution in [0.2, 0.25) is 0 Å². The molecule has 1 aromatic rings.